The van der Waals surface area contributed by atoms with Crippen molar-refractivity contribution in [2.45, 2.75) is 32.6 Å². The zero-order valence-electron chi connectivity index (χ0n) is 22.6. The predicted octanol–water partition coefficient (Wildman–Crippen LogP) is 6.93. The monoisotopic (exact) mass is 560 g/mol. The van der Waals surface area contributed by atoms with Gasteiger partial charge in [-0.1, -0.05) is 62.4 Å². The van der Waals surface area contributed by atoms with Crippen molar-refractivity contribution in [2.24, 2.45) is 5.92 Å². The topological polar surface area (TPSA) is 75.7 Å². The number of esters is 1. The molecule has 1 atom stereocenters. The van der Waals surface area contributed by atoms with Gasteiger partial charge in [-0.3, -0.25) is 9.59 Å². The minimum Gasteiger partial charge on any atom is -0.467 e. The third-order valence-corrected chi connectivity index (χ3v) is 7.26. The Morgan fingerprint density at radius 1 is 0.902 bits per heavy atom. The van der Waals surface area contributed by atoms with Gasteiger partial charge in [0.15, 0.2) is 0 Å². The standard InChI is InChI=1S/C32H27F3N2O4/c1-18(2)28(31(40)41-3)37-17-23-11-9-21(15-26(23)30(37)39)25-13-12-24(16-27(25)32(33,34)35)36-29(38)22-10-8-19-6-4-5-7-20(19)14-22/h4-16,18,28H,17H2,1-3H3,(H,36,38)/t28-/m0/s1. The summed E-state index contributed by atoms with van der Waals surface area (Å²) in [6.07, 6.45) is -4.73. The van der Waals surface area contributed by atoms with Crippen LogP contribution in [-0.2, 0) is 22.3 Å². The van der Waals surface area contributed by atoms with Gasteiger partial charge in [0.05, 0.1) is 12.7 Å². The zero-order valence-corrected chi connectivity index (χ0v) is 22.6. The Kier molecular flexibility index (Phi) is 7.29. The molecule has 0 aliphatic carbocycles. The Bertz CT molecular complexity index is 1680. The molecule has 0 fully saturated rings. The minimum absolute atomic E-state index is 0.0134. The van der Waals surface area contributed by atoms with E-state index in [0.717, 1.165) is 16.8 Å². The van der Waals surface area contributed by atoms with Crippen LogP contribution in [0.25, 0.3) is 21.9 Å². The van der Waals surface area contributed by atoms with Gasteiger partial charge in [0.2, 0.25) is 0 Å². The number of amides is 2. The quantitative estimate of drug-likeness (QED) is 0.260. The summed E-state index contributed by atoms with van der Waals surface area (Å²) < 4.78 is 47.6. The average molecular weight is 561 g/mol. The van der Waals surface area contributed by atoms with E-state index in [0.29, 0.717) is 11.1 Å². The van der Waals surface area contributed by atoms with E-state index in [1.54, 1.807) is 38.1 Å². The van der Waals surface area contributed by atoms with Gasteiger partial charge >= 0.3 is 12.1 Å². The normalized spacial score (nSPS) is 13.8. The summed E-state index contributed by atoms with van der Waals surface area (Å²) in [6, 6.07) is 19.8. The zero-order chi connectivity index (χ0) is 29.5. The van der Waals surface area contributed by atoms with Crippen LogP contribution in [0.4, 0.5) is 18.9 Å². The second kappa shape index (κ2) is 10.7. The van der Waals surface area contributed by atoms with E-state index in [2.05, 4.69) is 5.32 Å². The molecule has 4 aromatic carbocycles. The van der Waals surface area contributed by atoms with Crippen LogP contribution in [0, 0.1) is 5.92 Å². The highest BCUT2D eigenvalue weighted by Crippen LogP contribution is 2.40. The molecule has 5 rings (SSSR count). The van der Waals surface area contributed by atoms with E-state index in [1.165, 1.54) is 36.3 Å². The van der Waals surface area contributed by atoms with Crippen molar-refractivity contribution in [2.75, 3.05) is 12.4 Å². The number of alkyl halides is 3. The molecule has 210 valence electrons. The maximum absolute atomic E-state index is 14.2. The highest BCUT2D eigenvalue weighted by Gasteiger charge is 2.39. The minimum atomic E-state index is -4.73. The number of carbonyl (C=O) groups excluding carboxylic acids is 3. The van der Waals surface area contributed by atoms with Crippen molar-refractivity contribution in [1.29, 1.82) is 0 Å². The van der Waals surface area contributed by atoms with Crippen LogP contribution in [0.3, 0.4) is 0 Å². The van der Waals surface area contributed by atoms with E-state index in [9.17, 15) is 27.6 Å². The number of rotatable bonds is 6. The van der Waals surface area contributed by atoms with Gasteiger partial charge < -0.3 is 15.0 Å². The van der Waals surface area contributed by atoms with Crippen LogP contribution in [0.5, 0.6) is 0 Å². The van der Waals surface area contributed by atoms with Crippen LogP contribution in [0.1, 0.15) is 45.7 Å². The number of ether oxygens (including phenoxy) is 1. The first-order valence-electron chi connectivity index (χ1n) is 13.0. The number of nitrogens with zero attached hydrogens (tertiary/aromatic N) is 1. The molecule has 0 unspecified atom stereocenters. The maximum Gasteiger partial charge on any atom is 0.417 e. The number of methoxy groups -OCH3 is 1. The lowest BCUT2D eigenvalue weighted by Gasteiger charge is -2.28. The summed E-state index contributed by atoms with van der Waals surface area (Å²) in [5.41, 5.74) is 0.252. The molecular weight excluding hydrogens is 533 g/mol. The Balaban J connectivity index is 1.45. The van der Waals surface area contributed by atoms with Crippen LogP contribution in [0.15, 0.2) is 78.9 Å². The number of fused-ring (bicyclic) bond motifs is 2. The molecule has 1 heterocycles. The Labute approximate surface area is 234 Å². The Morgan fingerprint density at radius 3 is 2.32 bits per heavy atom. The predicted molar refractivity (Wildman–Crippen MR) is 149 cm³/mol. The fourth-order valence-electron chi connectivity index (χ4n) is 5.24. The fourth-order valence-corrected chi connectivity index (χ4v) is 5.24. The van der Waals surface area contributed by atoms with Crippen LogP contribution in [0.2, 0.25) is 0 Å². The van der Waals surface area contributed by atoms with Gasteiger partial charge in [-0.15, -0.1) is 0 Å². The molecule has 1 N–H and O–H groups in total. The van der Waals surface area contributed by atoms with Crippen molar-refractivity contribution >= 4 is 34.2 Å². The lowest BCUT2D eigenvalue weighted by molar-refractivity contribution is -0.147. The number of hydrogen-bond acceptors (Lipinski definition) is 4. The van der Waals surface area contributed by atoms with Crippen LogP contribution in [-0.4, -0.2) is 35.8 Å². The average Bonchev–Trinajstić information content (AvgIpc) is 3.26. The highest BCUT2D eigenvalue weighted by molar-refractivity contribution is 6.06. The van der Waals surface area contributed by atoms with Crippen molar-refractivity contribution in [3.8, 4) is 11.1 Å². The summed E-state index contributed by atoms with van der Waals surface area (Å²) in [7, 11) is 1.25. The van der Waals surface area contributed by atoms with E-state index < -0.39 is 35.6 Å². The molecule has 2 amide bonds. The molecule has 1 aliphatic rings. The first kappa shape index (κ1) is 27.9. The molecule has 1 aliphatic heterocycles. The molecule has 0 saturated carbocycles. The Hall–Kier alpha value is -4.66. The smallest absolute Gasteiger partial charge is 0.417 e. The second-order valence-electron chi connectivity index (χ2n) is 10.3. The third kappa shape index (κ3) is 5.39. The maximum atomic E-state index is 14.2. The van der Waals surface area contributed by atoms with E-state index in [4.69, 9.17) is 4.74 Å². The molecule has 41 heavy (non-hydrogen) atoms. The number of nitrogens with one attached hydrogen (secondary N) is 1. The number of hydrogen-bond donors (Lipinski definition) is 1. The molecule has 4 aromatic rings. The van der Waals surface area contributed by atoms with Gasteiger partial charge in [0, 0.05) is 23.4 Å². The first-order valence-corrected chi connectivity index (χ1v) is 13.0. The summed E-state index contributed by atoms with van der Waals surface area (Å²) in [5.74, 6) is -1.76. The summed E-state index contributed by atoms with van der Waals surface area (Å²) in [5, 5.41) is 4.34. The lowest BCUT2D eigenvalue weighted by Crippen LogP contribution is -2.45. The largest absolute Gasteiger partial charge is 0.467 e. The van der Waals surface area contributed by atoms with Gasteiger partial charge in [0.1, 0.15) is 6.04 Å². The molecule has 0 aromatic heterocycles. The van der Waals surface area contributed by atoms with Crippen LogP contribution >= 0.6 is 0 Å². The van der Waals surface area contributed by atoms with Gasteiger partial charge in [0.25, 0.3) is 11.8 Å². The highest BCUT2D eigenvalue weighted by atomic mass is 19.4. The molecule has 6 nitrogen and oxygen atoms in total. The van der Waals surface area contributed by atoms with Crippen LogP contribution < -0.4 is 5.32 Å². The summed E-state index contributed by atoms with van der Waals surface area (Å²) >= 11 is 0. The van der Waals surface area contributed by atoms with Crippen molar-refractivity contribution < 1.29 is 32.3 Å². The second-order valence-corrected chi connectivity index (χ2v) is 10.3. The Morgan fingerprint density at radius 2 is 1.63 bits per heavy atom. The number of anilines is 1. The number of benzene rings is 4. The van der Waals surface area contributed by atoms with E-state index >= 15 is 0 Å². The van der Waals surface area contributed by atoms with Gasteiger partial charge in [-0.25, -0.2) is 4.79 Å². The fraction of sp³-hybridized carbons (Fsp3) is 0.219. The van der Waals surface area contributed by atoms with E-state index in [-0.39, 0.29) is 34.8 Å². The van der Waals surface area contributed by atoms with Crippen molar-refractivity contribution in [1.82, 2.24) is 4.90 Å². The first-order chi connectivity index (χ1) is 19.5. The molecule has 0 saturated heterocycles. The van der Waals surface area contributed by atoms with E-state index in [1.807, 2.05) is 24.3 Å². The van der Waals surface area contributed by atoms with Gasteiger partial charge in [-0.05, 0) is 63.7 Å². The lowest BCUT2D eigenvalue weighted by atomic mass is 9.95. The molecular formula is C32H27F3N2O4. The molecule has 0 bridgehead atoms. The molecule has 0 radical (unpaired) electrons. The summed E-state index contributed by atoms with van der Waals surface area (Å²) in [6.45, 7) is 3.73. The number of halogens is 3. The number of carbonyl (C=O) groups is 3. The molecule has 0 spiro atoms. The van der Waals surface area contributed by atoms with Crippen molar-refractivity contribution in [3.63, 3.8) is 0 Å². The SMILES string of the molecule is COC(=O)[C@H](C(C)C)N1Cc2ccc(-c3ccc(NC(=O)c4ccc5ccccc5c4)cc3C(F)(F)F)cc2C1=O. The van der Waals surface area contributed by atoms with Gasteiger partial charge in [-0.2, -0.15) is 13.2 Å². The third-order valence-electron chi connectivity index (χ3n) is 7.26. The summed E-state index contributed by atoms with van der Waals surface area (Å²) in [4.78, 5) is 39.9. The van der Waals surface area contributed by atoms with Crippen molar-refractivity contribution in [3.05, 3.63) is 101 Å². The molecule has 9 heteroatoms.